The minimum Gasteiger partial charge on any atom is -0.348 e. The van der Waals surface area contributed by atoms with E-state index in [2.05, 4.69) is 21.6 Å². The molecule has 5 nitrogen and oxygen atoms in total. The van der Waals surface area contributed by atoms with Gasteiger partial charge in [-0.2, -0.15) is 5.10 Å². The SMILES string of the molecule is Cc1ccc(F)c(C(NC(=O)C2CN(Sc3cc(C)n(C)n3)C2)C2(C)CCCC2)c1Cl. The average Bonchev–Trinajstić information content (AvgIpc) is 3.26. The second-order valence-electron chi connectivity index (χ2n) is 9.28. The molecule has 0 bridgehead atoms. The summed E-state index contributed by atoms with van der Waals surface area (Å²) >= 11 is 8.13. The number of benzene rings is 1. The highest BCUT2D eigenvalue weighted by atomic mass is 35.5. The molecule has 1 saturated heterocycles. The molecule has 2 heterocycles. The van der Waals surface area contributed by atoms with Crippen LogP contribution in [-0.2, 0) is 11.8 Å². The van der Waals surface area contributed by atoms with Crippen molar-refractivity contribution in [3.8, 4) is 0 Å². The van der Waals surface area contributed by atoms with Crippen LogP contribution in [0, 0.1) is 31.0 Å². The number of hydrogen-bond donors (Lipinski definition) is 1. The van der Waals surface area contributed by atoms with Crippen LogP contribution in [0.2, 0.25) is 5.02 Å². The van der Waals surface area contributed by atoms with E-state index < -0.39 is 6.04 Å². The van der Waals surface area contributed by atoms with E-state index in [1.165, 1.54) is 6.07 Å². The first kappa shape index (κ1) is 22.6. The number of nitrogens with one attached hydrogen (secondary N) is 1. The van der Waals surface area contributed by atoms with E-state index in [-0.39, 0.29) is 23.1 Å². The summed E-state index contributed by atoms with van der Waals surface area (Å²) < 4.78 is 18.9. The third-order valence-corrected chi connectivity index (χ3v) is 8.32. The van der Waals surface area contributed by atoms with Gasteiger partial charge in [0.1, 0.15) is 10.8 Å². The van der Waals surface area contributed by atoms with Crippen LogP contribution in [0.4, 0.5) is 4.39 Å². The van der Waals surface area contributed by atoms with Crippen LogP contribution in [0.3, 0.4) is 0 Å². The van der Waals surface area contributed by atoms with Gasteiger partial charge in [0, 0.05) is 31.4 Å². The number of nitrogens with zero attached hydrogens (tertiary/aromatic N) is 3. The highest BCUT2D eigenvalue weighted by Crippen LogP contribution is 2.49. The summed E-state index contributed by atoms with van der Waals surface area (Å²) in [6.45, 7) is 7.35. The molecule has 1 aliphatic heterocycles. The van der Waals surface area contributed by atoms with E-state index >= 15 is 0 Å². The smallest absolute Gasteiger partial charge is 0.226 e. The van der Waals surface area contributed by atoms with Gasteiger partial charge >= 0.3 is 0 Å². The zero-order valence-electron chi connectivity index (χ0n) is 18.5. The first-order valence-corrected chi connectivity index (χ1v) is 12.0. The van der Waals surface area contributed by atoms with Gasteiger partial charge < -0.3 is 5.32 Å². The zero-order chi connectivity index (χ0) is 22.3. The quantitative estimate of drug-likeness (QED) is 0.596. The number of aryl methyl sites for hydroxylation is 3. The Labute approximate surface area is 192 Å². The molecule has 2 aliphatic rings. The predicted octanol–water partition coefficient (Wildman–Crippen LogP) is 5.21. The minimum absolute atomic E-state index is 0.0239. The van der Waals surface area contributed by atoms with Crippen molar-refractivity contribution in [2.75, 3.05) is 13.1 Å². The predicted molar refractivity (Wildman–Crippen MR) is 122 cm³/mol. The fraction of sp³-hybridized carbons (Fsp3) is 0.565. The summed E-state index contributed by atoms with van der Waals surface area (Å²) in [5.74, 6) is -0.481. The zero-order valence-corrected chi connectivity index (χ0v) is 20.1. The van der Waals surface area contributed by atoms with Gasteiger partial charge in [0.05, 0.1) is 17.0 Å². The van der Waals surface area contributed by atoms with Crippen molar-refractivity contribution in [1.82, 2.24) is 19.4 Å². The molecule has 2 aromatic rings. The summed E-state index contributed by atoms with van der Waals surface area (Å²) in [4.78, 5) is 13.1. The number of carbonyl (C=O) groups is 1. The van der Waals surface area contributed by atoms with Crippen molar-refractivity contribution in [2.45, 2.75) is 57.5 Å². The topological polar surface area (TPSA) is 50.2 Å². The molecule has 0 spiro atoms. The van der Waals surface area contributed by atoms with Gasteiger partial charge in [-0.05, 0) is 61.7 Å². The van der Waals surface area contributed by atoms with Crippen LogP contribution in [0.5, 0.6) is 0 Å². The first-order chi connectivity index (χ1) is 14.7. The van der Waals surface area contributed by atoms with E-state index in [1.54, 1.807) is 18.0 Å². The lowest BCUT2D eigenvalue weighted by Crippen LogP contribution is -2.52. The lowest BCUT2D eigenvalue weighted by Gasteiger charge is -2.40. The van der Waals surface area contributed by atoms with Crippen LogP contribution in [0.1, 0.15) is 55.5 Å². The minimum atomic E-state index is -0.421. The molecule has 1 amide bonds. The van der Waals surface area contributed by atoms with Crippen LogP contribution in [0.25, 0.3) is 0 Å². The van der Waals surface area contributed by atoms with Crippen molar-refractivity contribution in [1.29, 1.82) is 0 Å². The Kier molecular flexibility index (Phi) is 6.39. The molecule has 1 atom stereocenters. The van der Waals surface area contributed by atoms with Gasteiger partial charge in [-0.3, -0.25) is 9.48 Å². The maximum atomic E-state index is 14.9. The maximum Gasteiger partial charge on any atom is 0.226 e. The van der Waals surface area contributed by atoms with Crippen LogP contribution >= 0.6 is 23.5 Å². The van der Waals surface area contributed by atoms with Crippen LogP contribution < -0.4 is 5.32 Å². The van der Waals surface area contributed by atoms with Gasteiger partial charge in [-0.1, -0.05) is 37.4 Å². The molecule has 31 heavy (non-hydrogen) atoms. The van der Waals surface area contributed by atoms with E-state index in [0.29, 0.717) is 23.7 Å². The van der Waals surface area contributed by atoms with E-state index in [9.17, 15) is 9.18 Å². The Balaban J connectivity index is 1.47. The molecule has 8 heteroatoms. The fourth-order valence-corrected chi connectivity index (χ4v) is 6.07. The molecule has 1 aromatic heterocycles. The van der Waals surface area contributed by atoms with Gasteiger partial charge in [-0.25, -0.2) is 8.70 Å². The fourth-order valence-electron chi connectivity index (χ4n) is 4.65. The molecule has 1 aliphatic carbocycles. The lowest BCUT2D eigenvalue weighted by atomic mass is 9.76. The molecule has 168 valence electrons. The van der Waals surface area contributed by atoms with Crippen LogP contribution in [0.15, 0.2) is 23.2 Å². The monoisotopic (exact) mass is 464 g/mol. The van der Waals surface area contributed by atoms with E-state index in [0.717, 1.165) is 42.0 Å². The largest absolute Gasteiger partial charge is 0.348 e. The van der Waals surface area contributed by atoms with Gasteiger partial charge in [0.15, 0.2) is 0 Å². The molecule has 1 aromatic carbocycles. The molecule has 2 fully saturated rings. The Morgan fingerprint density at radius 1 is 1.32 bits per heavy atom. The molecule has 1 saturated carbocycles. The number of amides is 1. The highest BCUT2D eigenvalue weighted by molar-refractivity contribution is 7.97. The Bertz CT molecular complexity index is 963. The van der Waals surface area contributed by atoms with Gasteiger partial charge in [-0.15, -0.1) is 0 Å². The lowest BCUT2D eigenvalue weighted by molar-refractivity contribution is -0.129. The third-order valence-electron chi connectivity index (χ3n) is 6.87. The summed E-state index contributed by atoms with van der Waals surface area (Å²) in [6.07, 6.45) is 4.08. The summed E-state index contributed by atoms with van der Waals surface area (Å²) in [6, 6.07) is 4.77. The van der Waals surface area contributed by atoms with Gasteiger partial charge in [0.25, 0.3) is 0 Å². The van der Waals surface area contributed by atoms with Crippen molar-refractivity contribution in [3.63, 3.8) is 0 Å². The van der Waals surface area contributed by atoms with Crippen molar-refractivity contribution < 1.29 is 9.18 Å². The number of carbonyl (C=O) groups excluding carboxylic acids is 1. The maximum absolute atomic E-state index is 14.9. The van der Waals surface area contributed by atoms with E-state index in [1.807, 2.05) is 31.6 Å². The van der Waals surface area contributed by atoms with Crippen LogP contribution in [-0.4, -0.2) is 33.1 Å². The number of halogens is 2. The first-order valence-electron chi connectivity index (χ1n) is 10.9. The molecule has 1 N–H and O–H groups in total. The molecule has 0 radical (unpaired) electrons. The Hall–Kier alpha value is -1.57. The Morgan fingerprint density at radius 3 is 2.61 bits per heavy atom. The highest BCUT2D eigenvalue weighted by Gasteiger charge is 2.43. The second-order valence-corrected chi connectivity index (χ2v) is 10.8. The van der Waals surface area contributed by atoms with Crippen molar-refractivity contribution >= 4 is 29.5 Å². The number of aromatic nitrogens is 2. The molecular formula is C23H30ClFN4OS. The normalized spacial score (nSPS) is 19.9. The number of hydrogen-bond acceptors (Lipinski definition) is 4. The summed E-state index contributed by atoms with van der Waals surface area (Å²) in [5.41, 5.74) is 2.17. The number of rotatable bonds is 6. The van der Waals surface area contributed by atoms with Crippen molar-refractivity contribution in [2.24, 2.45) is 18.4 Å². The molecule has 4 rings (SSSR count). The summed E-state index contributed by atoms with van der Waals surface area (Å²) in [5, 5.41) is 9.03. The average molecular weight is 465 g/mol. The molecular weight excluding hydrogens is 435 g/mol. The van der Waals surface area contributed by atoms with E-state index in [4.69, 9.17) is 11.6 Å². The second kappa shape index (κ2) is 8.75. The summed E-state index contributed by atoms with van der Waals surface area (Å²) in [7, 11) is 1.92. The van der Waals surface area contributed by atoms with Gasteiger partial charge in [0.2, 0.25) is 5.91 Å². The van der Waals surface area contributed by atoms with Crippen molar-refractivity contribution in [3.05, 3.63) is 45.9 Å². The Morgan fingerprint density at radius 2 is 2.00 bits per heavy atom. The standard InChI is InChI=1S/C23H30ClFN4OS/c1-14-7-8-17(25)19(20(14)24)21(23(3)9-5-6-10-23)26-22(30)16-12-29(13-16)31-18-11-15(2)28(4)27-18/h7-8,11,16,21H,5-6,9-10,12-13H2,1-4H3,(H,26,30). The molecule has 1 unspecified atom stereocenters. The third kappa shape index (κ3) is 4.50.